The summed E-state index contributed by atoms with van der Waals surface area (Å²) in [7, 11) is 0. The number of furan rings is 1. The van der Waals surface area contributed by atoms with E-state index in [0.717, 1.165) is 10.9 Å². The van der Waals surface area contributed by atoms with Gasteiger partial charge < -0.3 is 18.9 Å². The summed E-state index contributed by atoms with van der Waals surface area (Å²) < 4.78 is 15.9. The maximum Gasteiger partial charge on any atom is 0.356 e. The summed E-state index contributed by atoms with van der Waals surface area (Å²) in [6.07, 6.45) is 0. The molecule has 0 aliphatic heterocycles. The second-order valence-electron chi connectivity index (χ2n) is 6.50. The van der Waals surface area contributed by atoms with Gasteiger partial charge in [0.1, 0.15) is 17.0 Å². The molecule has 2 N–H and O–H groups in total. The number of halogens is 1. The zero-order valence-corrected chi connectivity index (χ0v) is 18.5. The van der Waals surface area contributed by atoms with Gasteiger partial charge in [0.15, 0.2) is 12.4 Å². The van der Waals surface area contributed by atoms with E-state index in [4.69, 9.17) is 13.9 Å². The van der Waals surface area contributed by atoms with Crippen LogP contribution < -0.4 is 5.32 Å². The number of aryl methyl sites for hydroxylation is 1. The fourth-order valence-corrected chi connectivity index (χ4v) is 3.68. The van der Waals surface area contributed by atoms with Gasteiger partial charge >= 0.3 is 11.9 Å². The second kappa shape index (κ2) is 9.17. The van der Waals surface area contributed by atoms with E-state index in [1.807, 2.05) is 18.2 Å². The normalized spacial score (nSPS) is 10.7. The summed E-state index contributed by atoms with van der Waals surface area (Å²) in [6.45, 7) is 3.80. The van der Waals surface area contributed by atoms with Gasteiger partial charge in [-0.2, -0.15) is 0 Å². The van der Waals surface area contributed by atoms with Gasteiger partial charge in [-0.05, 0) is 42.8 Å². The zero-order chi connectivity index (χ0) is 22.7. The number of aromatic nitrogens is 1. The Morgan fingerprint density at radius 1 is 1.10 bits per heavy atom. The van der Waals surface area contributed by atoms with Gasteiger partial charge in [0.2, 0.25) is 5.88 Å². The fourth-order valence-electron chi connectivity index (χ4n) is 3.07. The molecule has 162 valence electrons. The van der Waals surface area contributed by atoms with E-state index < -0.39 is 30.2 Å². The van der Waals surface area contributed by atoms with Crippen LogP contribution in [0.15, 0.2) is 33.2 Å². The van der Waals surface area contributed by atoms with E-state index >= 15 is 0 Å². The number of ketones is 1. The minimum absolute atomic E-state index is 0.0211. The number of hydrogen-bond donors (Lipinski definition) is 2. The Kier molecular flexibility index (Phi) is 6.59. The van der Waals surface area contributed by atoms with Gasteiger partial charge in [0, 0.05) is 10.9 Å². The number of H-pyrrole nitrogens is 1. The average molecular weight is 491 g/mol. The summed E-state index contributed by atoms with van der Waals surface area (Å²) >= 11 is 3.35. The third-order valence-electron chi connectivity index (χ3n) is 4.35. The minimum atomic E-state index is -0.807. The summed E-state index contributed by atoms with van der Waals surface area (Å²) in [4.78, 5) is 51.8. The highest BCUT2D eigenvalue weighted by molar-refractivity contribution is 9.10. The number of Topliss-reactive ketones (excluding diaryl/α,β-unsaturated/α-hetero) is 1. The lowest BCUT2D eigenvalue weighted by molar-refractivity contribution is -0.119. The molecule has 2 aromatic heterocycles. The van der Waals surface area contributed by atoms with Crippen LogP contribution in [0.25, 0.3) is 10.9 Å². The molecule has 0 unspecified atom stereocenters. The van der Waals surface area contributed by atoms with Crippen molar-refractivity contribution in [3.8, 4) is 0 Å². The Morgan fingerprint density at radius 3 is 2.45 bits per heavy atom. The van der Waals surface area contributed by atoms with E-state index in [9.17, 15) is 19.2 Å². The molecule has 3 aromatic rings. The summed E-state index contributed by atoms with van der Waals surface area (Å²) in [5, 5.41) is 3.15. The number of esters is 2. The van der Waals surface area contributed by atoms with Crippen molar-refractivity contribution >= 4 is 56.3 Å². The van der Waals surface area contributed by atoms with Crippen LogP contribution in [0, 0.1) is 6.92 Å². The molecule has 0 fully saturated rings. The molecule has 0 aliphatic carbocycles. The molecule has 3 rings (SSSR count). The number of nitrogens with one attached hydrogen (secondary N) is 2. The number of hydrogen-bond acceptors (Lipinski definition) is 7. The van der Waals surface area contributed by atoms with Crippen molar-refractivity contribution in [1.82, 2.24) is 4.98 Å². The van der Waals surface area contributed by atoms with Crippen molar-refractivity contribution in [3.05, 3.63) is 51.3 Å². The van der Waals surface area contributed by atoms with Crippen LogP contribution in [-0.4, -0.2) is 41.8 Å². The molecule has 0 atom stereocenters. The van der Waals surface area contributed by atoms with E-state index in [-0.39, 0.29) is 35.1 Å². The van der Waals surface area contributed by atoms with E-state index in [1.165, 1.54) is 13.8 Å². The standard InChI is InChI=1S/C21H19BrN2O7/c1-4-29-20(27)16-15(10(2)25)11(3)31-19(16)24-14(26)9-30-21(28)18-17(22)12-7-5-6-8-13(12)23-18/h5-8,23H,4,9H2,1-3H3,(H,24,26). The molecule has 9 nitrogen and oxygen atoms in total. The second-order valence-corrected chi connectivity index (χ2v) is 7.29. The Morgan fingerprint density at radius 2 is 1.81 bits per heavy atom. The number of rotatable bonds is 7. The lowest BCUT2D eigenvalue weighted by Crippen LogP contribution is -2.22. The average Bonchev–Trinajstić information content (AvgIpc) is 3.23. The van der Waals surface area contributed by atoms with E-state index in [0.29, 0.717) is 4.47 Å². The van der Waals surface area contributed by atoms with Crippen molar-refractivity contribution in [2.75, 3.05) is 18.5 Å². The maximum absolute atomic E-state index is 12.4. The van der Waals surface area contributed by atoms with E-state index in [1.54, 1.807) is 13.0 Å². The minimum Gasteiger partial charge on any atom is -0.462 e. The van der Waals surface area contributed by atoms with E-state index in [2.05, 4.69) is 26.2 Å². The molecule has 0 radical (unpaired) electrons. The molecule has 1 aromatic carbocycles. The smallest absolute Gasteiger partial charge is 0.356 e. The number of para-hydroxylation sites is 1. The highest BCUT2D eigenvalue weighted by Gasteiger charge is 2.29. The maximum atomic E-state index is 12.4. The van der Waals surface area contributed by atoms with Gasteiger partial charge in [-0.25, -0.2) is 9.59 Å². The number of ether oxygens (including phenoxy) is 2. The summed E-state index contributed by atoms with van der Waals surface area (Å²) in [6, 6.07) is 7.26. The van der Waals surface area contributed by atoms with Crippen LogP contribution in [0.3, 0.4) is 0 Å². The van der Waals surface area contributed by atoms with Gasteiger partial charge in [-0.3, -0.25) is 14.9 Å². The van der Waals surface area contributed by atoms with Gasteiger partial charge in [0.05, 0.1) is 16.6 Å². The fraction of sp³-hybridized carbons (Fsp3) is 0.238. The number of benzene rings is 1. The van der Waals surface area contributed by atoms with Crippen LogP contribution in [0.5, 0.6) is 0 Å². The van der Waals surface area contributed by atoms with Crippen LogP contribution >= 0.6 is 15.9 Å². The summed E-state index contributed by atoms with van der Waals surface area (Å²) in [5.74, 6) is -2.81. The first kappa shape index (κ1) is 22.3. The first-order chi connectivity index (χ1) is 14.7. The van der Waals surface area contributed by atoms with Crippen molar-refractivity contribution in [1.29, 1.82) is 0 Å². The number of carbonyl (C=O) groups is 4. The SMILES string of the molecule is CCOC(=O)c1c(NC(=O)COC(=O)c2[nH]c3ccccc3c2Br)oc(C)c1C(C)=O. The molecule has 1 amide bonds. The topological polar surface area (TPSA) is 128 Å². The Bertz CT molecular complexity index is 1190. The summed E-state index contributed by atoms with van der Waals surface area (Å²) in [5.41, 5.74) is 0.735. The molecule has 0 saturated heterocycles. The molecule has 0 bridgehead atoms. The third kappa shape index (κ3) is 4.53. The molecular formula is C21H19BrN2O7. The molecule has 0 aliphatic rings. The lowest BCUT2D eigenvalue weighted by Gasteiger charge is -2.07. The zero-order valence-electron chi connectivity index (χ0n) is 17.0. The number of amides is 1. The van der Waals surface area contributed by atoms with Gasteiger partial charge in [-0.1, -0.05) is 18.2 Å². The van der Waals surface area contributed by atoms with Crippen LogP contribution in [0.1, 0.15) is 50.8 Å². The molecule has 31 heavy (non-hydrogen) atoms. The van der Waals surface area contributed by atoms with Crippen molar-refractivity contribution in [3.63, 3.8) is 0 Å². The highest BCUT2D eigenvalue weighted by atomic mass is 79.9. The number of anilines is 1. The molecular weight excluding hydrogens is 472 g/mol. The number of aromatic amines is 1. The molecule has 0 saturated carbocycles. The van der Waals surface area contributed by atoms with Crippen molar-refractivity contribution in [2.45, 2.75) is 20.8 Å². The number of carbonyl (C=O) groups excluding carboxylic acids is 4. The largest absolute Gasteiger partial charge is 0.462 e. The first-order valence-electron chi connectivity index (χ1n) is 9.29. The monoisotopic (exact) mass is 490 g/mol. The highest BCUT2D eigenvalue weighted by Crippen LogP contribution is 2.29. The lowest BCUT2D eigenvalue weighted by atomic mass is 10.1. The predicted octanol–water partition coefficient (Wildman–Crippen LogP) is 4.01. The predicted molar refractivity (Wildman–Crippen MR) is 114 cm³/mol. The van der Waals surface area contributed by atoms with Gasteiger partial charge in [-0.15, -0.1) is 0 Å². The van der Waals surface area contributed by atoms with Crippen molar-refractivity contribution in [2.24, 2.45) is 0 Å². The number of fused-ring (bicyclic) bond motifs is 1. The Labute approximate surface area is 185 Å². The molecule has 10 heteroatoms. The van der Waals surface area contributed by atoms with Gasteiger partial charge in [0.25, 0.3) is 5.91 Å². The van der Waals surface area contributed by atoms with Crippen molar-refractivity contribution < 1.29 is 33.1 Å². The quantitative estimate of drug-likeness (QED) is 0.378. The Hall–Kier alpha value is -3.40. The molecule has 0 spiro atoms. The van der Waals surface area contributed by atoms with Crippen LogP contribution in [0.4, 0.5) is 5.88 Å². The van der Waals surface area contributed by atoms with Crippen LogP contribution in [-0.2, 0) is 14.3 Å². The third-order valence-corrected chi connectivity index (χ3v) is 5.17. The van der Waals surface area contributed by atoms with Crippen LogP contribution in [0.2, 0.25) is 0 Å². The first-order valence-corrected chi connectivity index (χ1v) is 10.1. The molecule has 2 heterocycles. The Balaban J connectivity index is 1.74.